The van der Waals surface area contributed by atoms with Gasteiger partial charge in [0.1, 0.15) is 0 Å². The zero-order chi connectivity index (χ0) is 16.2. The molecule has 7 heteroatoms. The summed E-state index contributed by atoms with van der Waals surface area (Å²) in [5, 5.41) is 14.9. The molecule has 0 spiro atoms. The molecule has 1 N–H and O–H groups in total. The molecule has 1 amide bonds. The topological polar surface area (TPSA) is 72.7 Å². The van der Waals surface area contributed by atoms with Crippen molar-refractivity contribution in [2.45, 2.75) is 6.42 Å². The molecule has 0 bridgehead atoms. The highest BCUT2D eigenvalue weighted by molar-refractivity contribution is 6.30. The summed E-state index contributed by atoms with van der Waals surface area (Å²) in [6.07, 6.45) is 0.285. The Balaban J connectivity index is 1.71. The fraction of sp³-hybridized carbons (Fsp3) is 0.125. The zero-order valence-electron chi connectivity index (χ0n) is 12.4. The van der Waals surface area contributed by atoms with E-state index in [0.29, 0.717) is 16.5 Å². The van der Waals surface area contributed by atoms with Gasteiger partial charge in [-0.1, -0.05) is 35.9 Å². The van der Waals surface area contributed by atoms with Gasteiger partial charge in [-0.05, 0) is 40.3 Å². The molecular weight excluding hydrogens is 314 g/mol. The van der Waals surface area contributed by atoms with Crippen LogP contribution in [0.2, 0.25) is 5.02 Å². The second-order valence-electron chi connectivity index (χ2n) is 5.06. The molecule has 116 valence electrons. The Kier molecular flexibility index (Phi) is 4.34. The van der Waals surface area contributed by atoms with Gasteiger partial charge in [0, 0.05) is 23.3 Å². The number of aryl methyl sites for hydroxylation is 1. The molecule has 0 saturated carbocycles. The zero-order valence-corrected chi connectivity index (χ0v) is 13.2. The van der Waals surface area contributed by atoms with Crippen LogP contribution >= 0.6 is 11.6 Å². The second kappa shape index (κ2) is 6.58. The van der Waals surface area contributed by atoms with E-state index in [-0.39, 0.29) is 12.3 Å². The van der Waals surface area contributed by atoms with E-state index in [1.165, 1.54) is 0 Å². The third-order valence-corrected chi connectivity index (χ3v) is 3.55. The summed E-state index contributed by atoms with van der Waals surface area (Å²) in [7, 11) is 1.77. The second-order valence-corrected chi connectivity index (χ2v) is 5.49. The summed E-state index contributed by atoms with van der Waals surface area (Å²) in [6, 6.07) is 14.6. The van der Waals surface area contributed by atoms with Gasteiger partial charge in [0.15, 0.2) is 5.82 Å². The monoisotopic (exact) mass is 327 g/mol. The highest BCUT2D eigenvalue weighted by atomic mass is 35.5. The maximum absolute atomic E-state index is 12.1. The number of carbonyl (C=O) groups excluding carboxylic acids is 1. The molecule has 0 saturated heterocycles. The predicted molar refractivity (Wildman–Crippen MR) is 88.0 cm³/mol. The van der Waals surface area contributed by atoms with E-state index in [9.17, 15) is 4.79 Å². The molecule has 23 heavy (non-hydrogen) atoms. The first-order chi connectivity index (χ1) is 11.1. The largest absolute Gasteiger partial charge is 0.326 e. The van der Waals surface area contributed by atoms with Gasteiger partial charge in [-0.2, -0.15) is 0 Å². The molecule has 0 atom stereocenters. The molecule has 0 aliphatic rings. The average Bonchev–Trinajstić information content (AvgIpc) is 2.96. The minimum absolute atomic E-state index is 0.0967. The Labute approximate surface area is 138 Å². The van der Waals surface area contributed by atoms with E-state index in [0.717, 1.165) is 11.1 Å². The number of aromatic nitrogens is 4. The number of nitrogens with zero attached hydrogens (tertiary/aromatic N) is 4. The van der Waals surface area contributed by atoms with Crippen LogP contribution in [0.1, 0.15) is 5.56 Å². The summed E-state index contributed by atoms with van der Waals surface area (Å²) in [5.41, 5.74) is 2.44. The van der Waals surface area contributed by atoms with Crippen molar-refractivity contribution in [2.24, 2.45) is 7.05 Å². The number of amides is 1. The van der Waals surface area contributed by atoms with E-state index in [1.54, 1.807) is 23.9 Å². The number of benzene rings is 2. The van der Waals surface area contributed by atoms with E-state index in [4.69, 9.17) is 11.6 Å². The Morgan fingerprint density at radius 2 is 2.00 bits per heavy atom. The maximum atomic E-state index is 12.1. The van der Waals surface area contributed by atoms with Crippen molar-refractivity contribution >= 4 is 23.2 Å². The summed E-state index contributed by atoms with van der Waals surface area (Å²) >= 11 is 5.84. The highest BCUT2D eigenvalue weighted by Crippen LogP contribution is 2.19. The maximum Gasteiger partial charge on any atom is 0.228 e. The number of anilines is 1. The molecule has 3 aromatic rings. The number of nitrogens with one attached hydrogen (secondary N) is 1. The number of carbonyl (C=O) groups is 1. The van der Waals surface area contributed by atoms with Crippen molar-refractivity contribution < 1.29 is 4.79 Å². The molecule has 3 rings (SSSR count). The minimum atomic E-state index is -0.0967. The van der Waals surface area contributed by atoms with E-state index in [2.05, 4.69) is 20.8 Å². The number of halogens is 1. The molecule has 1 heterocycles. The van der Waals surface area contributed by atoms with Gasteiger partial charge in [-0.3, -0.25) is 4.79 Å². The Bertz CT molecular complexity index is 828. The first-order valence-corrected chi connectivity index (χ1v) is 7.37. The lowest BCUT2D eigenvalue weighted by molar-refractivity contribution is -0.115. The van der Waals surface area contributed by atoms with Crippen LogP contribution in [0.4, 0.5) is 5.69 Å². The lowest BCUT2D eigenvalue weighted by Gasteiger charge is -2.07. The smallest absolute Gasteiger partial charge is 0.228 e. The molecule has 0 aliphatic carbocycles. The fourth-order valence-electron chi connectivity index (χ4n) is 2.20. The number of hydrogen-bond donors (Lipinski definition) is 1. The molecule has 1 aromatic heterocycles. The van der Waals surface area contributed by atoms with Gasteiger partial charge in [0.2, 0.25) is 5.91 Å². The third kappa shape index (κ3) is 3.73. The fourth-order valence-corrected chi connectivity index (χ4v) is 2.33. The highest BCUT2D eigenvalue weighted by Gasteiger charge is 2.08. The standard InChI is InChI=1S/C16H14ClN5O/c1-22-16(19-20-21-22)12-3-2-4-14(10-12)18-15(23)9-11-5-7-13(17)8-6-11/h2-8,10H,9H2,1H3,(H,18,23). The van der Waals surface area contributed by atoms with Crippen LogP contribution in [0.15, 0.2) is 48.5 Å². The molecule has 2 aromatic carbocycles. The van der Waals surface area contributed by atoms with Gasteiger partial charge < -0.3 is 5.32 Å². The van der Waals surface area contributed by atoms with Crippen LogP contribution in [0.25, 0.3) is 11.4 Å². The Morgan fingerprint density at radius 3 is 2.70 bits per heavy atom. The minimum Gasteiger partial charge on any atom is -0.326 e. The van der Waals surface area contributed by atoms with Gasteiger partial charge in [-0.25, -0.2) is 4.68 Å². The van der Waals surface area contributed by atoms with Crippen molar-refractivity contribution in [2.75, 3.05) is 5.32 Å². The molecule has 0 aliphatic heterocycles. The van der Waals surface area contributed by atoms with Crippen LogP contribution in [0, 0.1) is 0 Å². The lowest BCUT2D eigenvalue weighted by atomic mass is 10.1. The number of tetrazole rings is 1. The lowest BCUT2D eigenvalue weighted by Crippen LogP contribution is -2.14. The summed E-state index contributed by atoms with van der Waals surface area (Å²) in [4.78, 5) is 12.1. The van der Waals surface area contributed by atoms with E-state index in [1.807, 2.05) is 36.4 Å². The summed E-state index contributed by atoms with van der Waals surface area (Å²) in [6.45, 7) is 0. The summed E-state index contributed by atoms with van der Waals surface area (Å²) in [5.74, 6) is 0.541. The van der Waals surface area contributed by atoms with E-state index >= 15 is 0 Å². The Hall–Kier alpha value is -2.73. The van der Waals surface area contributed by atoms with Crippen molar-refractivity contribution in [3.05, 3.63) is 59.1 Å². The molecule has 0 radical (unpaired) electrons. The molecular formula is C16H14ClN5O. The quantitative estimate of drug-likeness (QED) is 0.799. The van der Waals surface area contributed by atoms with Gasteiger partial charge in [0.05, 0.1) is 6.42 Å². The number of rotatable bonds is 4. The van der Waals surface area contributed by atoms with Crippen LogP contribution in [-0.2, 0) is 18.3 Å². The van der Waals surface area contributed by atoms with Crippen molar-refractivity contribution in [1.82, 2.24) is 20.2 Å². The average molecular weight is 328 g/mol. The number of hydrogen-bond acceptors (Lipinski definition) is 4. The first-order valence-electron chi connectivity index (χ1n) is 6.99. The van der Waals surface area contributed by atoms with Crippen molar-refractivity contribution in [3.63, 3.8) is 0 Å². The van der Waals surface area contributed by atoms with Gasteiger partial charge >= 0.3 is 0 Å². The van der Waals surface area contributed by atoms with Crippen LogP contribution < -0.4 is 5.32 Å². The van der Waals surface area contributed by atoms with Gasteiger partial charge in [-0.15, -0.1) is 5.10 Å². The molecule has 0 fully saturated rings. The van der Waals surface area contributed by atoms with E-state index < -0.39 is 0 Å². The third-order valence-electron chi connectivity index (χ3n) is 3.30. The Morgan fingerprint density at radius 1 is 1.22 bits per heavy atom. The van der Waals surface area contributed by atoms with Crippen LogP contribution in [-0.4, -0.2) is 26.1 Å². The van der Waals surface area contributed by atoms with Crippen molar-refractivity contribution in [1.29, 1.82) is 0 Å². The first kappa shape index (κ1) is 15.2. The summed E-state index contributed by atoms with van der Waals surface area (Å²) < 4.78 is 1.58. The molecule has 0 unspecified atom stereocenters. The SMILES string of the molecule is Cn1nnnc1-c1cccc(NC(=O)Cc2ccc(Cl)cc2)c1. The van der Waals surface area contributed by atoms with Crippen molar-refractivity contribution in [3.8, 4) is 11.4 Å². The van der Waals surface area contributed by atoms with Crippen LogP contribution in [0.3, 0.4) is 0 Å². The predicted octanol–water partition coefficient (Wildman–Crippen LogP) is 2.71. The van der Waals surface area contributed by atoms with Gasteiger partial charge in [0.25, 0.3) is 0 Å². The normalized spacial score (nSPS) is 10.5. The van der Waals surface area contributed by atoms with Crippen LogP contribution in [0.5, 0.6) is 0 Å². The molecule has 6 nitrogen and oxygen atoms in total.